The lowest BCUT2D eigenvalue weighted by Crippen LogP contribution is -2.41. The van der Waals surface area contributed by atoms with Crippen molar-refractivity contribution < 1.29 is 14.3 Å². The minimum absolute atomic E-state index is 0.120. The number of halogens is 1. The van der Waals surface area contributed by atoms with E-state index < -0.39 is 11.8 Å². The van der Waals surface area contributed by atoms with Crippen molar-refractivity contribution in [2.45, 2.75) is 19.9 Å². The lowest BCUT2D eigenvalue weighted by molar-refractivity contribution is -0.139. The summed E-state index contributed by atoms with van der Waals surface area (Å²) in [5.41, 5.74) is 2.71. The normalized spacial score (nSPS) is 10.7. The zero-order valence-electron chi connectivity index (χ0n) is 11.4. The summed E-state index contributed by atoms with van der Waals surface area (Å²) in [6.07, 6.45) is 1.35. The Bertz CT molecular complexity index is 530. The first-order valence-corrected chi connectivity index (χ1v) is 6.29. The fourth-order valence-electron chi connectivity index (χ4n) is 1.35. The molecule has 0 aliphatic carbocycles. The van der Waals surface area contributed by atoms with Crippen molar-refractivity contribution in [3.05, 3.63) is 28.8 Å². The fourth-order valence-corrected chi connectivity index (χ4v) is 1.53. The molecule has 0 fully saturated rings. The highest BCUT2D eigenvalue weighted by atomic mass is 35.5. The van der Waals surface area contributed by atoms with Crippen LogP contribution in [0.3, 0.4) is 0 Å². The molecule has 0 unspecified atom stereocenters. The van der Waals surface area contributed by atoms with E-state index in [1.54, 1.807) is 32.0 Å². The lowest BCUT2D eigenvalue weighted by Gasteiger charge is -2.06. The van der Waals surface area contributed by atoms with Crippen LogP contribution in [0.5, 0.6) is 5.75 Å². The van der Waals surface area contributed by atoms with Crippen LogP contribution in [0, 0.1) is 0 Å². The predicted molar refractivity (Wildman–Crippen MR) is 77.0 cm³/mol. The minimum atomic E-state index is -0.837. The number of amides is 2. The van der Waals surface area contributed by atoms with E-state index in [2.05, 4.69) is 15.8 Å². The van der Waals surface area contributed by atoms with Gasteiger partial charge in [-0.05, 0) is 32.0 Å². The van der Waals surface area contributed by atoms with Crippen LogP contribution in [0.2, 0.25) is 5.02 Å². The maximum absolute atomic E-state index is 11.4. The molecule has 6 nitrogen and oxygen atoms in total. The number of hydrazone groups is 1. The molecule has 1 aromatic rings. The van der Waals surface area contributed by atoms with Gasteiger partial charge in [0.1, 0.15) is 5.75 Å². The zero-order chi connectivity index (χ0) is 15.1. The quantitative estimate of drug-likeness (QED) is 0.500. The summed E-state index contributed by atoms with van der Waals surface area (Å²) >= 11 is 5.85. The summed E-state index contributed by atoms with van der Waals surface area (Å²) in [6, 6.07) is 4.86. The third-order valence-electron chi connectivity index (χ3n) is 2.19. The topological polar surface area (TPSA) is 79.8 Å². The second kappa shape index (κ2) is 7.49. The molecule has 0 bridgehead atoms. The van der Waals surface area contributed by atoms with Crippen molar-refractivity contribution in [3.63, 3.8) is 0 Å². The molecule has 2 amide bonds. The first kappa shape index (κ1) is 16.0. The number of methoxy groups -OCH3 is 1. The summed E-state index contributed by atoms with van der Waals surface area (Å²) in [6.45, 7) is 3.51. The van der Waals surface area contributed by atoms with E-state index in [4.69, 9.17) is 16.3 Å². The van der Waals surface area contributed by atoms with E-state index in [1.807, 2.05) is 0 Å². The van der Waals surface area contributed by atoms with Crippen LogP contribution in [0.25, 0.3) is 0 Å². The second-order valence-corrected chi connectivity index (χ2v) is 4.65. The SMILES string of the molecule is COc1ccc(Cl)cc1/C=N\NC(=O)C(=O)NC(C)C. The summed E-state index contributed by atoms with van der Waals surface area (Å²) in [5, 5.41) is 6.66. The van der Waals surface area contributed by atoms with Gasteiger partial charge in [-0.15, -0.1) is 0 Å². The van der Waals surface area contributed by atoms with Crippen LogP contribution in [0.15, 0.2) is 23.3 Å². The smallest absolute Gasteiger partial charge is 0.329 e. The number of nitrogens with one attached hydrogen (secondary N) is 2. The molecule has 1 rings (SSSR count). The summed E-state index contributed by atoms with van der Waals surface area (Å²) in [7, 11) is 1.51. The zero-order valence-corrected chi connectivity index (χ0v) is 12.2. The standard InChI is InChI=1S/C13H16ClN3O3/c1-8(2)16-12(18)13(19)17-15-7-9-6-10(14)4-5-11(9)20-3/h4-8H,1-3H3,(H,16,18)(H,17,19)/b15-7-. The number of ether oxygens (including phenoxy) is 1. The molecule has 108 valence electrons. The van der Waals surface area contributed by atoms with E-state index in [0.717, 1.165) is 0 Å². The third kappa shape index (κ3) is 4.89. The van der Waals surface area contributed by atoms with Crippen molar-refractivity contribution in [2.24, 2.45) is 5.10 Å². The molecular weight excluding hydrogens is 282 g/mol. The van der Waals surface area contributed by atoms with Crippen LogP contribution >= 0.6 is 11.6 Å². The molecule has 0 saturated carbocycles. The van der Waals surface area contributed by atoms with Gasteiger partial charge < -0.3 is 10.1 Å². The summed E-state index contributed by atoms with van der Waals surface area (Å²) in [4.78, 5) is 22.7. The second-order valence-electron chi connectivity index (χ2n) is 4.21. The molecule has 0 spiro atoms. The first-order valence-electron chi connectivity index (χ1n) is 5.91. The Kier molecular flexibility index (Phi) is 5.99. The van der Waals surface area contributed by atoms with Gasteiger partial charge in [0.2, 0.25) is 0 Å². The van der Waals surface area contributed by atoms with Crippen LogP contribution in [0.1, 0.15) is 19.4 Å². The van der Waals surface area contributed by atoms with E-state index in [9.17, 15) is 9.59 Å². The number of carbonyl (C=O) groups excluding carboxylic acids is 2. The van der Waals surface area contributed by atoms with Crippen LogP contribution < -0.4 is 15.5 Å². The van der Waals surface area contributed by atoms with Crippen molar-refractivity contribution in [1.29, 1.82) is 0 Å². The van der Waals surface area contributed by atoms with Crippen LogP contribution in [-0.4, -0.2) is 31.2 Å². The fraction of sp³-hybridized carbons (Fsp3) is 0.308. The summed E-state index contributed by atoms with van der Waals surface area (Å²) in [5.74, 6) is -1.02. The molecule has 2 N–H and O–H groups in total. The monoisotopic (exact) mass is 297 g/mol. The number of carbonyl (C=O) groups is 2. The highest BCUT2D eigenvalue weighted by Gasteiger charge is 2.13. The van der Waals surface area contributed by atoms with Gasteiger partial charge in [0.15, 0.2) is 0 Å². The highest BCUT2D eigenvalue weighted by Crippen LogP contribution is 2.20. The Morgan fingerprint density at radius 2 is 2.05 bits per heavy atom. The maximum atomic E-state index is 11.4. The van der Waals surface area contributed by atoms with E-state index in [-0.39, 0.29) is 6.04 Å². The average molecular weight is 298 g/mol. The van der Waals surface area contributed by atoms with Gasteiger partial charge in [0, 0.05) is 16.6 Å². The lowest BCUT2D eigenvalue weighted by atomic mass is 10.2. The van der Waals surface area contributed by atoms with Crippen molar-refractivity contribution >= 4 is 29.6 Å². The van der Waals surface area contributed by atoms with Gasteiger partial charge in [-0.1, -0.05) is 11.6 Å². The van der Waals surface area contributed by atoms with Gasteiger partial charge in [0.25, 0.3) is 0 Å². The van der Waals surface area contributed by atoms with Gasteiger partial charge in [-0.3, -0.25) is 9.59 Å². The Labute approximate surface area is 122 Å². The third-order valence-corrected chi connectivity index (χ3v) is 2.42. The number of hydrogen-bond acceptors (Lipinski definition) is 4. The minimum Gasteiger partial charge on any atom is -0.496 e. The Balaban J connectivity index is 2.67. The van der Waals surface area contributed by atoms with Gasteiger partial charge in [0.05, 0.1) is 13.3 Å². The van der Waals surface area contributed by atoms with Gasteiger partial charge in [-0.2, -0.15) is 5.10 Å². The molecule has 0 aliphatic heterocycles. The van der Waals surface area contributed by atoms with Crippen molar-refractivity contribution in [1.82, 2.24) is 10.7 Å². The first-order chi connectivity index (χ1) is 9.43. The maximum Gasteiger partial charge on any atom is 0.329 e. The molecule has 0 aliphatic rings. The number of rotatable bonds is 4. The molecule has 0 saturated heterocycles. The number of benzene rings is 1. The molecule has 7 heteroatoms. The van der Waals surface area contributed by atoms with Crippen LogP contribution in [0.4, 0.5) is 0 Å². The molecule has 1 aromatic carbocycles. The van der Waals surface area contributed by atoms with Crippen molar-refractivity contribution in [2.75, 3.05) is 7.11 Å². The van der Waals surface area contributed by atoms with Gasteiger partial charge >= 0.3 is 11.8 Å². The van der Waals surface area contributed by atoms with E-state index >= 15 is 0 Å². The van der Waals surface area contributed by atoms with E-state index in [1.165, 1.54) is 13.3 Å². The molecular formula is C13H16ClN3O3. The predicted octanol–water partition coefficient (Wildman–Crippen LogP) is 1.32. The molecule has 0 heterocycles. The van der Waals surface area contributed by atoms with E-state index in [0.29, 0.717) is 16.3 Å². The molecule has 20 heavy (non-hydrogen) atoms. The molecule has 0 radical (unpaired) electrons. The Morgan fingerprint density at radius 3 is 2.65 bits per heavy atom. The van der Waals surface area contributed by atoms with Crippen molar-refractivity contribution in [3.8, 4) is 5.75 Å². The van der Waals surface area contributed by atoms with Crippen LogP contribution in [-0.2, 0) is 9.59 Å². The Morgan fingerprint density at radius 1 is 1.35 bits per heavy atom. The molecule has 0 aromatic heterocycles. The Hall–Kier alpha value is -2.08. The number of hydrogen-bond donors (Lipinski definition) is 2. The van der Waals surface area contributed by atoms with Gasteiger partial charge in [-0.25, -0.2) is 5.43 Å². The molecule has 0 atom stereocenters. The number of nitrogens with zero attached hydrogens (tertiary/aromatic N) is 1. The highest BCUT2D eigenvalue weighted by molar-refractivity contribution is 6.35. The average Bonchev–Trinajstić information content (AvgIpc) is 2.38. The summed E-state index contributed by atoms with van der Waals surface area (Å²) < 4.78 is 5.12. The largest absolute Gasteiger partial charge is 0.496 e.